The summed E-state index contributed by atoms with van der Waals surface area (Å²) in [5.74, 6) is 0.661. The molecule has 6 nitrogen and oxygen atoms in total. The molecule has 0 unspecified atom stereocenters. The molecule has 1 amide bonds. The summed E-state index contributed by atoms with van der Waals surface area (Å²) in [7, 11) is 0. The van der Waals surface area contributed by atoms with Crippen molar-refractivity contribution in [3.63, 3.8) is 0 Å². The number of guanidine groups is 1. The molecule has 1 heterocycles. The van der Waals surface area contributed by atoms with Gasteiger partial charge in [0.05, 0.1) is 0 Å². The minimum Gasteiger partial charge on any atom is -0.357 e. The van der Waals surface area contributed by atoms with Crippen LogP contribution < -0.4 is 16.0 Å². The molecule has 0 atom stereocenters. The zero-order chi connectivity index (χ0) is 17.1. The Labute approximate surface area is 164 Å². The number of nitrogens with one attached hydrogen (secondary N) is 3. The molecule has 1 aliphatic rings. The van der Waals surface area contributed by atoms with E-state index < -0.39 is 0 Å². The molecule has 3 N–H and O–H groups in total. The van der Waals surface area contributed by atoms with E-state index in [2.05, 4.69) is 25.8 Å². The fourth-order valence-electron chi connectivity index (χ4n) is 2.64. The second-order valence-electron chi connectivity index (χ2n) is 7.18. The van der Waals surface area contributed by atoms with Gasteiger partial charge < -0.3 is 20.9 Å². The van der Waals surface area contributed by atoms with Gasteiger partial charge in [-0.15, -0.1) is 24.0 Å². The Bertz CT molecular complexity index is 374. The van der Waals surface area contributed by atoms with Crippen LogP contribution in [-0.2, 0) is 4.79 Å². The Kier molecular flexibility index (Phi) is 12.4. The second kappa shape index (κ2) is 12.7. The average molecular weight is 453 g/mol. The zero-order valence-corrected chi connectivity index (χ0v) is 18.1. The number of hydrogen-bond donors (Lipinski definition) is 3. The predicted molar refractivity (Wildman–Crippen MR) is 112 cm³/mol. The first kappa shape index (κ1) is 23.4. The molecule has 142 valence electrons. The minimum absolute atomic E-state index is 0. The van der Waals surface area contributed by atoms with Crippen molar-refractivity contribution < 1.29 is 4.79 Å². The minimum atomic E-state index is -0.217. The lowest BCUT2D eigenvalue weighted by Crippen LogP contribution is -2.44. The summed E-state index contributed by atoms with van der Waals surface area (Å²) in [6, 6.07) is 0. The summed E-state index contributed by atoms with van der Waals surface area (Å²) in [6.07, 6.45) is 5.33. The van der Waals surface area contributed by atoms with Crippen LogP contribution in [0.2, 0.25) is 0 Å². The molecule has 0 radical (unpaired) electrons. The fraction of sp³-hybridized carbons (Fsp3) is 0.882. The van der Waals surface area contributed by atoms with Gasteiger partial charge in [-0.3, -0.25) is 4.79 Å². The van der Waals surface area contributed by atoms with Crippen molar-refractivity contribution in [1.82, 2.24) is 20.9 Å². The molecule has 0 bridgehead atoms. The van der Waals surface area contributed by atoms with Gasteiger partial charge in [-0.2, -0.15) is 0 Å². The molecule has 0 saturated carbocycles. The maximum Gasteiger partial charge on any atom is 0.242 e. The lowest BCUT2D eigenvalue weighted by Gasteiger charge is -2.21. The van der Waals surface area contributed by atoms with Crippen molar-refractivity contribution in [2.75, 3.05) is 39.3 Å². The van der Waals surface area contributed by atoms with Crippen LogP contribution in [0.25, 0.3) is 0 Å². The summed E-state index contributed by atoms with van der Waals surface area (Å²) in [5.41, 5.74) is -0.217. The zero-order valence-electron chi connectivity index (χ0n) is 15.8. The van der Waals surface area contributed by atoms with Crippen molar-refractivity contribution >= 4 is 35.8 Å². The first-order valence-electron chi connectivity index (χ1n) is 8.96. The summed E-state index contributed by atoms with van der Waals surface area (Å²) in [6.45, 7) is 13.2. The smallest absolute Gasteiger partial charge is 0.242 e. The Hall–Kier alpha value is -0.570. The lowest BCUT2D eigenvalue weighted by atomic mass is 10.1. The van der Waals surface area contributed by atoms with E-state index in [0.29, 0.717) is 5.96 Å². The number of hydrogen-bond acceptors (Lipinski definition) is 3. The number of rotatable bonds is 6. The maximum atomic E-state index is 11.8. The summed E-state index contributed by atoms with van der Waals surface area (Å²) >= 11 is 0. The summed E-state index contributed by atoms with van der Waals surface area (Å²) in [4.78, 5) is 18.7. The van der Waals surface area contributed by atoms with Crippen LogP contribution in [0.3, 0.4) is 0 Å². The van der Waals surface area contributed by atoms with E-state index in [1.165, 1.54) is 38.8 Å². The number of amides is 1. The van der Waals surface area contributed by atoms with Gasteiger partial charge in [0.15, 0.2) is 5.96 Å². The standard InChI is InChI=1S/C17H35N5O.HI/c1-5-18-16(20-14-15(23)21-17(2,3)4)19-10-13-22-11-8-6-7-9-12-22;/h5-14H2,1-4H3,(H,21,23)(H2,18,19,20);1H. The number of nitrogens with zero attached hydrogens (tertiary/aromatic N) is 2. The third-order valence-corrected chi connectivity index (χ3v) is 3.66. The highest BCUT2D eigenvalue weighted by Gasteiger charge is 2.13. The molecule has 0 spiro atoms. The number of carbonyl (C=O) groups is 1. The summed E-state index contributed by atoms with van der Waals surface area (Å²) < 4.78 is 0. The van der Waals surface area contributed by atoms with Gasteiger partial charge in [-0.05, 0) is 53.6 Å². The number of likely N-dealkylation sites (tertiary alicyclic amines) is 1. The Morgan fingerprint density at radius 3 is 2.25 bits per heavy atom. The van der Waals surface area contributed by atoms with Gasteiger partial charge in [-0.25, -0.2) is 4.99 Å². The summed E-state index contributed by atoms with van der Waals surface area (Å²) in [5, 5.41) is 9.44. The van der Waals surface area contributed by atoms with Crippen LogP contribution in [0, 0.1) is 0 Å². The molecule has 0 aliphatic carbocycles. The van der Waals surface area contributed by atoms with Gasteiger partial charge in [-0.1, -0.05) is 12.8 Å². The van der Waals surface area contributed by atoms with Gasteiger partial charge in [0.2, 0.25) is 5.91 Å². The molecule has 7 heteroatoms. The number of aliphatic imine (C=N–C) groups is 1. The van der Waals surface area contributed by atoms with Crippen LogP contribution in [0.15, 0.2) is 4.99 Å². The Balaban J connectivity index is 0.00000529. The molecule has 24 heavy (non-hydrogen) atoms. The molecule has 0 aromatic heterocycles. The van der Waals surface area contributed by atoms with E-state index in [1.807, 2.05) is 27.7 Å². The molecule has 0 aromatic rings. The van der Waals surface area contributed by atoms with Gasteiger partial charge >= 0.3 is 0 Å². The molecule has 1 saturated heterocycles. The molecule has 1 rings (SSSR count). The second-order valence-corrected chi connectivity index (χ2v) is 7.18. The highest BCUT2D eigenvalue weighted by Crippen LogP contribution is 2.08. The Morgan fingerprint density at radius 1 is 1.08 bits per heavy atom. The third kappa shape index (κ3) is 11.9. The molecule has 0 aromatic carbocycles. The van der Waals surface area contributed by atoms with Crippen molar-refractivity contribution in [1.29, 1.82) is 0 Å². The van der Waals surface area contributed by atoms with E-state index in [4.69, 9.17) is 0 Å². The van der Waals surface area contributed by atoms with Crippen LogP contribution in [0.4, 0.5) is 0 Å². The van der Waals surface area contributed by atoms with Gasteiger partial charge in [0.25, 0.3) is 0 Å². The SMILES string of the molecule is CCNC(=NCC(=O)NC(C)(C)C)NCCN1CCCCCC1.I. The van der Waals surface area contributed by atoms with Crippen LogP contribution in [0.1, 0.15) is 53.4 Å². The van der Waals surface area contributed by atoms with Crippen LogP contribution in [0.5, 0.6) is 0 Å². The molecular weight excluding hydrogens is 417 g/mol. The molecule has 1 aliphatic heterocycles. The van der Waals surface area contributed by atoms with Crippen LogP contribution >= 0.6 is 24.0 Å². The fourth-order valence-corrected chi connectivity index (χ4v) is 2.64. The average Bonchev–Trinajstić information content (AvgIpc) is 2.71. The number of carbonyl (C=O) groups excluding carboxylic acids is 1. The van der Waals surface area contributed by atoms with Crippen molar-refractivity contribution in [3.8, 4) is 0 Å². The first-order valence-corrected chi connectivity index (χ1v) is 8.96. The topological polar surface area (TPSA) is 68.8 Å². The largest absolute Gasteiger partial charge is 0.357 e. The first-order chi connectivity index (χ1) is 10.9. The number of halogens is 1. The van der Waals surface area contributed by atoms with E-state index in [-0.39, 0.29) is 42.0 Å². The monoisotopic (exact) mass is 453 g/mol. The third-order valence-electron chi connectivity index (χ3n) is 3.66. The normalized spacial score (nSPS) is 16.8. The van der Waals surface area contributed by atoms with E-state index in [1.54, 1.807) is 0 Å². The quantitative estimate of drug-likeness (QED) is 0.327. The molecule has 1 fully saturated rings. The Morgan fingerprint density at radius 2 is 1.71 bits per heavy atom. The van der Waals surface area contributed by atoms with Crippen molar-refractivity contribution in [2.45, 2.75) is 58.9 Å². The van der Waals surface area contributed by atoms with E-state index >= 15 is 0 Å². The predicted octanol–water partition coefficient (Wildman–Crippen LogP) is 1.95. The van der Waals surface area contributed by atoms with Crippen molar-refractivity contribution in [3.05, 3.63) is 0 Å². The van der Waals surface area contributed by atoms with Gasteiger partial charge in [0, 0.05) is 25.2 Å². The van der Waals surface area contributed by atoms with Crippen LogP contribution in [-0.4, -0.2) is 61.6 Å². The van der Waals surface area contributed by atoms with Gasteiger partial charge in [0.1, 0.15) is 6.54 Å². The van der Waals surface area contributed by atoms with Crippen molar-refractivity contribution in [2.24, 2.45) is 4.99 Å². The van der Waals surface area contributed by atoms with E-state index in [0.717, 1.165) is 19.6 Å². The lowest BCUT2D eigenvalue weighted by molar-refractivity contribution is -0.121. The molecular formula is C17H36IN5O. The highest BCUT2D eigenvalue weighted by molar-refractivity contribution is 14.0. The maximum absolute atomic E-state index is 11.8. The highest BCUT2D eigenvalue weighted by atomic mass is 127. The van der Waals surface area contributed by atoms with E-state index in [9.17, 15) is 4.79 Å².